The van der Waals surface area contributed by atoms with Crippen molar-refractivity contribution in [3.8, 4) is 0 Å². The van der Waals surface area contributed by atoms with Crippen LogP contribution in [-0.4, -0.2) is 54.0 Å². The van der Waals surface area contributed by atoms with Gasteiger partial charge >= 0.3 is 0 Å². The van der Waals surface area contributed by atoms with E-state index in [2.05, 4.69) is 25.0 Å². The fourth-order valence-corrected chi connectivity index (χ4v) is 5.36. The number of unbranched alkanes of at least 4 members (excludes halogenated alkanes) is 2. The smallest absolute Gasteiger partial charge is 0.241 e. The fraction of sp³-hybridized carbons (Fsp3) is 0.375. The van der Waals surface area contributed by atoms with Crippen molar-refractivity contribution in [2.75, 3.05) is 31.3 Å². The van der Waals surface area contributed by atoms with Crippen molar-refractivity contribution in [1.29, 1.82) is 0 Å². The zero-order chi connectivity index (χ0) is 24.8. The highest BCUT2D eigenvalue weighted by molar-refractivity contribution is 7.89. The summed E-state index contributed by atoms with van der Waals surface area (Å²) in [5.41, 5.74) is 8.45. The molecule has 35 heavy (non-hydrogen) atoms. The zero-order valence-electron chi connectivity index (χ0n) is 20.1. The summed E-state index contributed by atoms with van der Waals surface area (Å²) < 4.78 is 30.5. The van der Waals surface area contributed by atoms with Crippen LogP contribution in [0.25, 0.3) is 10.8 Å². The lowest BCUT2D eigenvalue weighted by atomic mass is 10.1. The first-order chi connectivity index (χ1) is 16.8. The first-order valence-corrected chi connectivity index (χ1v) is 13.2. The maximum absolute atomic E-state index is 13.0. The average molecular weight is 497 g/mol. The largest absolute Gasteiger partial charge is 0.377 e. The molecule has 0 atom stereocenters. The molecular weight excluding hydrogens is 464 g/mol. The number of anilines is 2. The molecule has 0 unspecified atom stereocenters. The van der Waals surface area contributed by atoms with E-state index in [1.54, 1.807) is 16.8 Å². The minimum absolute atomic E-state index is 0.224. The van der Waals surface area contributed by atoms with Gasteiger partial charge in [0.2, 0.25) is 10.0 Å². The van der Waals surface area contributed by atoms with Gasteiger partial charge in [0, 0.05) is 49.5 Å². The Bertz CT molecular complexity index is 1380. The van der Waals surface area contributed by atoms with E-state index in [4.69, 9.17) is 5.73 Å². The van der Waals surface area contributed by atoms with E-state index in [0.29, 0.717) is 17.9 Å². The number of nitrogen functional groups attached to an aromatic ring is 1. The minimum Gasteiger partial charge on any atom is -0.377 e. The second-order valence-corrected chi connectivity index (χ2v) is 10.5. The predicted molar refractivity (Wildman–Crippen MR) is 138 cm³/mol. The summed E-state index contributed by atoms with van der Waals surface area (Å²) in [4.78, 5) is 9.34. The van der Waals surface area contributed by atoms with Crippen molar-refractivity contribution < 1.29 is 8.42 Å². The second-order valence-electron chi connectivity index (χ2n) is 8.73. The van der Waals surface area contributed by atoms with Gasteiger partial charge in [0.15, 0.2) is 5.95 Å². The van der Waals surface area contributed by atoms with Crippen LogP contribution in [0.4, 0.5) is 11.6 Å². The summed E-state index contributed by atoms with van der Waals surface area (Å²) >= 11 is 0. The van der Waals surface area contributed by atoms with Gasteiger partial charge in [-0.15, -0.1) is 5.10 Å². The van der Waals surface area contributed by atoms with Gasteiger partial charge < -0.3 is 15.6 Å². The van der Waals surface area contributed by atoms with Crippen LogP contribution in [0.5, 0.6) is 0 Å². The summed E-state index contributed by atoms with van der Waals surface area (Å²) in [5, 5.41) is 9.95. The Hall–Kier alpha value is -3.44. The van der Waals surface area contributed by atoms with Crippen LogP contribution in [0.15, 0.2) is 53.7 Å². The molecule has 2 aromatic carbocycles. The summed E-state index contributed by atoms with van der Waals surface area (Å²) in [6.45, 7) is 0.627. The van der Waals surface area contributed by atoms with Crippen molar-refractivity contribution >= 4 is 32.4 Å². The van der Waals surface area contributed by atoms with Crippen molar-refractivity contribution in [2.45, 2.75) is 43.5 Å². The number of sulfonamides is 1. The molecule has 4 N–H and O–H groups in total. The number of nitrogens with zero attached hydrogens (tertiary/aromatic N) is 5. The maximum atomic E-state index is 13.0. The van der Waals surface area contributed by atoms with Crippen LogP contribution in [0.3, 0.4) is 0 Å². The third kappa shape index (κ3) is 6.17. The van der Waals surface area contributed by atoms with E-state index in [-0.39, 0.29) is 11.4 Å². The number of rotatable bonds is 12. The number of aromatic nitrogens is 5. The lowest BCUT2D eigenvalue weighted by molar-refractivity contribution is 0.553. The Morgan fingerprint density at radius 3 is 2.51 bits per heavy atom. The molecule has 4 rings (SSSR count). The van der Waals surface area contributed by atoms with E-state index < -0.39 is 10.0 Å². The Labute approximate surface area is 205 Å². The molecule has 0 bridgehead atoms. The molecule has 0 spiro atoms. The SMILES string of the molecule is CN(C)c1cccc2c(S(=O)(=O)NCCn3cc(CCCCCc4c[nH]c(N)n4)nn3)cccc12. The van der Waals surface area contributed by atoms with Crippen LogP contribution < -0.4 is 15.4 Å². The van der Waals surface area contributed by atoms with Gasteiger partial charge in [-0.1, -0.05) is 35.9 Å². The van der Waals surface area contributed by atoms with E-state index >= 15 is 0 Å². The van der Waals surface area contributed by atoms with Crippen molar-refractivity contribution in [3.05, 3.63) is 60.2 Å². The highest BCUT2D eigenvalue weighted by Crippen LogP contribution is 2.30. The molecule has 0 aliphatic rings. The number of hydrogen-bond acceptors (Lipinski definition) is 7. The van der Waals surface area contributed by atoms with Gasteiger partial charge in [-0.25, -0.2) is 18.1 Å². The number of fused-ring (bicyclic) bond motifs is 1. The Morgan fingerprint density at radius 2 is 1.77 bits per heavy atom. The van der Waals surface area contributed by atoms with Crippen LogP contribution in [0, 0.1) is 0 Å². The van der Waals surface area contributed by atoms with Crippen molar-refractivity contribution in [3.63, 3.8) is 0 Å². The minimum atomic E-state index is -3.68. The molecular formula is C24H32N8O2S. The molecule has 0 saturated carbocycles. The van der Waals surface area contributed by atoms with E-state index in [0.717, 1.165) is 54.6 Å². The molecule has 4 aromatic rings. The van der Waals surface area contributed by atoms with Gasteiger partial charge in [0.1, 0.15) is 0 Å². The third-order valence-corrected chi connectivity index (χ3v) is 7.39. The van der Waals surface area contributed by atoms with Gasteiger partial charge in [0.25, 0.3) is 0 Å². The highest BCUT2D eigenvalue weighted by Gasteiger charge is 2.18. The summed E-state index contributed by atoms with van der Waals surface area (Å²) in [6, 6.07) is 11.0. The summed E-state index contributed by atoms with van der Waals surface area (Å²) in [6.07, 6.45) is 8.54. The summed E-state index contributed by atoms with van der Waals surface area (Å²) in [7, 11) is 0.206. The van der Waals surface area contributed by atoms with Gasteiger partial charge in [-0.05, 0) is 37.8 Å². The Balaban J connectivity index is 1.27. The van der Waals surface area contributed by atoms with E-state index in [1.807, 2.05) is 55.7 Å². The second kappa shape index (κ2) is 10.9. The molecule has 0 radical (unpaired) electrons. The van der Waals surface area contributed by atoms with Crippen LogP contribution in [0.1, 0.15) is 30.7 Å². The molecule has 0 aliphatic heterocycles. The van der Waals surface area contributed by atoms with Crippen LogP contribution in [0.2, 0.25) is 0 Å². The number of aromatic amines is 1. The molecule has 11 heteroatoms. The zero-order valence-corrected chi connectivity index (χ0v) is 20.9. The van der Waals surface area contributed by atoms with E-state index in [9.17, 15) is 8.42 Å². The monoisotopic (exact) mass is 496 g/mol. The Kier molecular flexibility index (Phi) is 7.67. The van der Waals surface area contributed by atoms with Gasteiger partial charge in [0.05, 0.1) is 22.8 Å². The van der Waals surface area contributed by atoms with Crippen LogP contribution >= 0.6 is 0 Å². The fourth-order valence-electron chi connectivity index (χ4n) is 4.12. The number of hydrogen-bond donors (Lipinski definition) is 3. The molecule has 0 saturated heterocycles. The van der Waals surface area contributed by atoms with Crippen molar-refractivity contribution in [1.82, 2.24) is 29.7 Å². The first kappa shape index (κ1) is 24.7. The van der Waals surface area contributed by atoms with Crippen LogP contribution in [-0.2, 0) is 29.4 Å². The lowest BCUT2D eigenvalue weighted by Gasteiger charge is -2.17. The number of nitrogens with two attached hydrogens (primary N) is 1. The normalized spacial score (nSPS) is 11.8. The first-order valence-electron chi connectivity index (χ1n) is 11.7. The number of nitrogens with one attached hydrogen (secondary N) is 2. The third-order valence-electron chi connectivity index (χ3n) is 5.87. The maximum Gasteiger partial charge on any atom is 0.241 e. The molecule has 0 aliphatic carbocycles. The number of benzene rings is 2. The predicted octanol–water partition coefficient (Wildman–Crippen LogP) is 2.74. The summed E-state index contributed by atoms with van der Waals surface area (Å²) in [5.74, 6) is 0.453. The van der Waals surface area contributed by atoms with E-state index in [1.165, 1.54) is 0 Å². The average Bonchev–Trinajstić information content (AvgIpc) is 3.46. The standard InChI is InChI=1S/C24H32N8O2S/c1-31(2)22-12-6-11-21-20(22)10-7-13-23(21)35(33,34)27-14-15-32-17-19(29-30-32)9-5-3-4-8-18-16-26-24(25)28-18/h6-7,10-13,16-17,27H,3-5,8-9,14-15H2,1-2H3,(H3,25,26,28). The Morgan fingerprint density at radius 1 is 1.03 bits per heavy atom. The highest BCUT2D eigenvalue weighted by atomic mass is 32.2. The molecule has 2 aromatic heterocycles. The van der Waals surface area contributed by atoms with Crippen molar-refractivity contribution in [2.24, 2.45) is 0 Å². The molecule has 2 heterocycles. The number of H-pyrrole nitrogens is 1. The quantitative estimate of drug-likeness (QED) is 0.257. The topological polar surface area (TPSA) is 135 Å². The van der Waals surface area contributed by atoms with Gasteiger partial charge in [-0.2, -0.15) is 0 Å². The number of imidazole rings is 1. The van der Waals surface area contributed by atoms with Gasteiger partial charge in [-0.3, -0.25) is 4.68 Å². The lowest BCUT2D eigenvalue weighted by Crippen LogP contribution is -2.27. The molecule has 0 amide bonds. The molecule has 0 fully saturated rings. The number of aryl methyl sites for hydroxylation is 2. The molecule has 10 nitrogen and oxygen atoms in total. The molecule has 186 valence electrons.